The number of benzene rings is 2. The van der Waals surface area contributed by atoms with Gasteiger partial charge in [-0.15, -0.1) is 0 Å². The van der Waals surface area contributed by atoms with Gasteiger partial charge in [-0.1, -0.05) is 60.7 Å². The topological polar surface area (TPSA) is 13.1 Å². The fourth-order valence-corrected chi connectivity index (χ4v) is 2.22. The monoisotopic (exact) mass is 247 g/mol. The van der Waals surface area contributed by atoms with E-state index in [-0.39, 0.29) is 0 Å². The molecule has 0 unspecified atom stereocenters. The number of rotatable bonds is 4. The highest BCUT2D eigenvalue weighted by Gasteiger charge is 2.07. The Morgan fingerprint density at radius 2 is 1.32 bits per heavy atom. The van der Waals surface area contributed by atoms with Crippen LogP contribution in [0.1, 0.15) is 22.3 Å². The average molecular weight is 247 g/mol. The van der Waals surface area contributed by atoms with Crippen LogP contribution in [0.25, 0.3) is 0 Å². The van der Waals surface area contributed by atoms with E-state index in [1.54, 1.807) is 0 Å². The molecule has 0 atom stereocenters. The lowest BCUT2D eigenvalue weighted by Gasteiger charge is -2.03. The second-order valence-corrected chi connectivity index (χ2v) is 4.67. The zero-order valence-corrected chi connectivity index (χ0v) is 10.7. The summed E-state index contributed by atoms with van der Waals surface area (Å²) in [5.74, 6) is 0. The fourth-order valence-electron chi connectivity index (χ4n) is 2.22. The maximum atomic E-state index is 5.27. The van der Waals surface area contributed by atoms with Gasteiger partial charge in [0.25, 0.3) is 0 Å². The predicted molar refractivity (Wildman–Crippen MR) is 76.0 cm³/mol. The molecule has 93 valence electrons. The Bertz CT molecular complexity index is 567. The van der Waals surface area contributed by atoms with Crippen molar-refractivity contribution in [2.24, 2.45) is 0 Å². The van der Waals surface area contributed by atoms with Crippen LogP contribution >= 0.6 is 0 Å². The number of hydrogen-bond donors (Lipinski definition) is 0. The van der Waals surface area contributed by atoms with Crippen LogP contribution in [0.4, 0.5) is 0 Å². The summed E-state index contributed by atoms with van der Waals surface area (Å²) >= 11 is 0. The quantitative estimate of drug-likeness (QED) is 0.671. The Hall–Kier alpha value is -2.28. The highest BCUT2D eigenvalue weighted by Crippen LogP contribution is 2.18. The van der Waals surface area contributed by atoms with E-state index in [1.807, 2.05) is 18.4 Å². The SMILES string of the molecule is [c]1occ(Cc2ccccc2)c1Cc1ccccc1. The Morgan fingerprint density at radius 3 is 1.95 bits per heavy atom. The Labute approximate surface area is 113 Å². The molecule has 0 N–H and O–H groups in total. The zero-order chi connectivity index (χ0) is 12.9. The Morgan fingerprint density at radius 1 is 0.737 bits per heavy atom. The van der Waals surface area contributed by atoms with Crippen LogP contribution < -0.4 is 0 Å². The van der Waals surface area contributed by atoms with Crippen molar-refractivity contribution >= 4 is 0 Å². The summed E-state index contributed by atoms with van der Waals surface area (Å²) in [6.07, 6.45) is 6.58. The zero-order valence-electron chi connectivity index (χ0n) is 10.7. The van der Waals surface area contributed by atoms with Gasteiger partial charge >= 0.3 is 0 Å². The first-order chi connectivity index (χ1) is 9.42. The van der Waals surface area contributed by atoms with E-state index in [2.05, 4.69) is 54.8 Å². The molecule has 2 aromatic carbocycles. The maximum Gasteiger partial charge on any atom is 0.173 e. The third-order valence-corrected chi connectivity index (χ3v) is 3.23. The minimum absolute atomic E-state index is 0.875. The summed E-state index contributed by atoms with van der Waals surface area (Å²) in [4.78, 5) is 0. The van der Waals surface area contributed by atoms with Gasteiger partial charge in [-0.25, -0.2) is 0 Å². The van der Waals surface area contributed by atoms with Crippen molar-refractivity contribution in [3.05, 3.63) is 95.4 Å². The molecule has 1 heterocycles. The van der Waals surface area contributed by atoms with E-state index in [9.17, 15) is 0 Å². The molecule has 0 saturated carbocycles. The summed E-state index contributed by atoms with van der Waals surface area (Å²) in [7, 11) is 0. The van der Waals surface area contributed by atoms with Gasteiger partial charge in [-0.2, -0.15) is 0 Å². The van der Waals surface area contributed by atoms with Crippen molar-refractivity contribution in [3.63, 3.8) is 0 Å². The molecule has 0 aliphatic carbocycles. The van der Waals surface area contributed by atoms with Crippen LogP contribution in [0, 0.1) is 6.26 Å². The van der Waals surface area contributed by atoms with Crippen LogP contribution in [0.5, 0.6) is 0 Å². The molecule has 1 nitrogen and oxygen atoms in total. The molecule has 3 rings (SSSR count). The molecule has 1 aromatic heterocycles. The standard InChI is InChI=1S/C18H15O/c1-3-7-15(8-4-1)11-17-13-19-14-18(17)12-16-9-5-2-6-10-16/h1-10,13H,11-12H2. The van der Waals surface area contributed by atoms with Crippen molar-refractivity contribution < 1.29 is 4.42 Å². The maximum absolute atomic E-state index is 5.27. The van der Waals surface area contributed by atoms with Crippen molar-refractivity contribution in [1.29, 1.82) is 0 Å². The van der Waals surface area contributed by atoms with Crippen molar-refractivity contribution in [3.8, 4) is 0 Å². The third-order valence-electron chi connectivity index (χ3n) is 3.23. The van der Waals surface area contributed by atoms with E-state index in [0.29, 0.717) is 0 Å². The summed E-state index contributed by atoms with van der Waals surface area (Å²) in [5.41, 5.74) is 4.95. The van der Waals surface area contributed by atoms with Gasteiger partial charge in [-0.05, 0) is 16.7 Å². The second-order valence-electron chi connectivity index (χ2n) is 4.67. The summed E-state index contributed by atoms with van der Waals surface area (Å²) in [6.45, 7) is 0. The molecule has 1 heteroatoms. The van der Waals surface area contributed by atoms with Gasteiger partial charge in [-0.3, -0.25) is 0 Å². The van der Waals surface area contributed by atoms with Gasteiger partial charge in [0.15, 0.2) is 6.26 Å². The molecule has 0 aliphatic heterocycles. The van der Waals surface area contributed by atoms with Crippen molar-refractivity contribution in [2.75, 3.05) is 0 Å². The van der Waals surface area contributed by atoms with E-state index >= 15 is 0 Å². The number of hydrogen-bond acceptors (Lipinski definition) is 1. The predicted octanol–water partition coefficient (Wildman–Crippen LogP) is 4.26. The van der Waals surface area contributed by atoms with Crippen molar-refractivity contribution in [2.45, 2.75) is 12.8 Å². The molecule has 3 aromatic rings. The van der Waals surface area contributed by atoms with Gasteiger partial charge in [0.05, 0.1) is 6.26 Å². The molecule has 19 heavy (non-hydrogen) atoms. The first-order valence-electron chi connectivity index (χ1n) is 6.46. The van der Waals surface area contributed by atoms with E-state index in [4.69, 9.17) is 4.42 Å². The number of furan rings is 1. The van der Waals surface area contributed by atoms with Crippen LogP contribution in [-0.2, 0) is 12.8 Å². The summed E-state index contributed by atoms with van der Waals surface area (Å²) in [6, 6.07) is 20.9. The minimum Gasteiger partial charge on any atom is -0.460 e. The highest BCUT2D eigenvalue weighted by molar-refractivity contribution is 5.32. The van der Waals surface area contributed by atoms with E-state index in [0.717, 1.165) is 18.4 Å². The molecule has 0 saturated heterocycles. The van der Waals surface area contributed by atoms with Crippen LogP contribution in [0.15, 0.2) is 71.3 Å². The molecular weight excluding hydrogens is 232 g/mol. The molecule has 0 spiro atoms. The molecule has 0 amide bonds. The van der Waals surface area contributed by atoms with Gasteiger partial charge in [0.1, 0.15) is 0 Å². The Balaban J connectivity index is 1.79. The molecule has 0 aliphatic rings. The first-order valence-corrected chi connectivity index (χ1v) is 6.46. The smallest absolute Gasteiger partial charge is 0.173 e. The Kier molecular flexibility index (Phi) is 3.46. The van der Waals surface area contributed by atoms with Gasteiger partial charge < -0.3 is 4.42 Å². The van der Waals surface area contributed by atoms with Gasteiger partial charge in [0.2, 0.25) is 0 Å². The average Bonchev–Trinajstić information content (AvgIpc) is 2.88. The minimum atomic E-state index is 0.875. The normalized spacial score (nSPS) is 10.5. The third kappa shape index (κ3) is 2.94. The van der Waals surface area contributed by atoms with E-state index < -0.39 is 0 Å². The second kappa shape index (κ2) is 5.57. The molecular formula is C18H15O. The molecule has 0 bridgehead atoms. The van der Waals surface area contributed by atoms with Crippen LogP contribution in [-0.4, -0.2) is 0 Å². The lowest BCUT2D eigenvalue weighted by atomic mass is 9.99. The highest BCUT2D eigenvalue weighted by atomic mass is 16.3. The largest absolute Gasteiger partial charge is 0.460 e. The van der Waals surface area contributed by atoms with Crippen LogP contribution in [0.2, 0.25) is 0 Å². The lowest BCUT2D eigenvalue weighted by molar-refractivity contribution is 0.553. The fraction of sp³-hybridized carbons (Fsp3) is 0.111. The first kappa shape index (κ1) is 11.8. The molecule has 0 fully saturated rings. The summed E-state index contributed by atoms with van der Waals surface area (Å²) < 4.78 is 5.27. The van der Waals surface area contributed by atoms with E-state index in [1.165, 1.54) is 16.7 Å². The van der Waals surface area contributed by atoms with Gasteiger partial charge in [0, 0.05) is 18.4 Å². The molecule has 1 radical (unpaired) electrons. The van der Waals surface area contributed by atoms with Crippen LogP contribution in [0.3, 0.4) is 0 Å². The lowest BCUT2D eigenvalue weighted by Crippen LogP contribution is -1.93. The summed E-state index contributed by atoms with van der Waals surface area (Å²) in [5, 5.41) is 0. The van der Waals surface area contributed by atoms with Crippen molar-refractivity contribution in [1.82, 2.24) is 0 Å².